The molecule has 1 nitrogen and oxygen atoms in total. The second kappa shape index (κ2) is 16.1. The highest BCUT2D eigenvalue weighted by molar-refractivity contribution is 5.91. The van der Waals surface area contributed by atoms with Crippen LogP contribution in [0.2, 0.25) is 0 Å². The molecule has 340 valence electrons. The summed E-state index contributed by atoms with van der Waals surface area (Å²) in [7, 11) is 0. The van der Waals surface area contributed by atoms with E-state index in [2.05, 4.69) is 292 Å². The zero-order valence-corrected chi connectivity index (χ0v) is 40.4. The Morgan fingerprint density at radius 1 is 0.236 bits per heavy atom. The summed E-state index contributed by atoms with van der Waals surface area (Å²) >= 11 is 0. The van der Waals surface area contributed by atoms with Gasteiger partial charge in [-0.05, 0) is 143 Å². The highest BCUT2D eigenvalue weighted by atomic mass is 15.1. The molecule has 11 aromatic rings. The maximum absolute atomic E-state index is 2.52. The van der Waals surface area contributed by atoms with Crippen LogP contribution in [0, 0.1) is 0 Å². The summed E-state index contributed by atoms with van der Waals surface area (Å²) in [5.41, 5.74) is 25.4. The molecule has 0 amide bonds. The first-order chi connectivity index (χ1) is 35.5. The quantitative estimate of drug-likeness (QED) is 0.154. The first-order valence-electron chi connectivity index (χ1n) is 25.3. The van der Waals surface area contributed by atoms with E-state index in [0.717, 1.165) is 17.1 Å². The van der Waals surface area contributed by atoms with E-state index in [4.69, 9.17) is 0 Å². The molecule has 0 atom stereocenters. The molecule has 0 saturated carbocycles. The molecule has 0 bridgehead atoms. The molecule has 0 aromatic heterocycles. The van der Waals surface area contributed by atoms with E-state index in [1.807, 2.05) is 0 Å². The molecule has 0 fully saturated rings. The summed E-state index contributed by atoms with van der Waals surface area (Å²) < 4.78 is 0. The molecular weight excluding hydrogens is 867 g/mol. The lowest BCUT2D eigenvalue weighted by atomic mass is 9.55. The van der Waals surface area contributed by atoms with E-state index in [0.29, 0.717) is 0 Å². The molecule has 3 aliphatic rings. The lowest BCUT2D eigenvalue weighted by Gasteiger charge is -2.47. The van der Waals surface area contributed by atoms with Crippen LogP contribution in [-0.4, -0.2) is 0 Å². The van der Waals surface area contributed by atoms with Crippen LogP contribution in [0.15, 0.2) is 273 Å². The van der Waals surface area contributed by atoms with Gasteiger partial charge in [-0.25, -0.2) is 0 Å². The van der Waals surface area contributed by atoms with Crippen molar-refractivity contribution in [3.8, 4) is 44.5 Å². The van der Waals surface area contributed by atoms with Crippen LogP contribution in [0.4, 0.5) is 17.1 Å². The van der Waals surface area contributed by atoms with Crippen LogP contribution in [0.5, 0.6) is 0 Å². The monoisotopic (exact) mass is 917 g/mol. The lowest BCUT2D eigenvalue weighted by Crippen LogP contribution is -2.40. The summed E-state index contributed by atoms with van der Waals surface area (Å²) in [5, 5.41) is 0. The molecule has 11 aromatic carbocycles. The van der Waals surface area contributed by atoms with Gasteiger partial charge in [-0.2, -0.15) is 0 Å². The summed E-state index contributed by atoms with van der Waals surface area (Å²) in [6.07, 6.45) is 0. The molecule has 0 unspecified atom stereocenters. The topological polar surface area (TPSA) is 3.24 Å². The summed E-state index contributed by atoms with van der Waals surface area (Å²) in [6.45, 7) is 4.81. The zero-order valence-electron chi connectivity index (χ0n) is 40.4. The third-order valence-electron chi connectivity index (χ3n) is 16.4. The van der Waals surface area contributed by atoms with Gasteiger partial charge in [0.1, 0.15) is 0 Å². The smallest absolute Gasteiger partial charge is 0.0720 e. The first kappa shape index (κ1) is 42.1. The van der Waals surface area contributed by atoms with Gasteiger partial charge in [0.05, 0.1) is 10.8 Å². The minimum atomic E-state index is -0.501. The average molecular weight is 918 g/mol. The predicted octanol–water partition coefficient (Wildman–Crippen LogP) is 17.9. The second-order valence-corrected chi connectivity index (χ2v) is 20.3. The van der Waals surface area contributed by atoms with E-state index in [1.165, 1.54) is 100 Å². The number of anilines is 3. The Kier molecular flexibility index (Phi) is 9.44. The molecule has 3 aliphatic carbocycles. The summed E-state index contributed by atoms with van der Waals surface area (Å²) in [4.78, 5) is 2.46. The molecule has 0 saturated heterocycles. The summed E-state index contributed by atoms with van der Waals surface area (Å²) in [5.74, 6) is 0. The van der Waals surface area contributed by atoms with Gasteiger partial charge in [0.2, 0.25) is 0 Å². The SMILES string of the molecule is CC1(C)c2ccccc2C2(c3ccccc3-c3ccccc32)c2cc(N(c3ccc(-c4ccccc4)cc3)c3ccc(-c4ccc5c(c4)C(c4ccccc4)(c4ccccc4)c4ccccc4-5)cc3)ccc21. The van der Waals surface area contributed by atoms with Gasteiger partial charge >= 0.3 is 0 Å². The minimum absolute atomic E-state index is 0.234. The second-order valence-electron chi connectivity index (χ2n) is 20.3. The van der Waals surface area contributed by atoms with Crippen molar-refractivity contribution in [3.63, 3.8) is 0 Å². The standard InChI is InChI=1S/C71H51N/c1-69(2)64-32-18-19-33-66(64)71(62-30-16-13-26-57(62)58-27-14-17-31-63(58)71)68-47-56(43-45-65(68)69)72(54-39-34-49(35-40-54)48-20-6-3-7-21-48)55-41-36-50(37-42-55)51-38-44-60-59-28-12-15-29-61(59)70(67(60)46-51,52-22-8-4-9-23-52)53-24-10-5-11-25-53/h3-47H,1-2H3. The maximum atomic E-state index is 2.52. The fourth-order valence-corrected chi connectivity index (χ4v) is 13.3. The van der Waals surface area contributed by atoms with Crippen molar-refractivity contribution in [2.24, 2.45) is 0 Å². The Balaban J connectivity index is 0.948. The highest BCUT2D eigenvalue weighted by Crippen LogP contribution is 2.63. The van der Waals surface area contributed by atoms with E-state index in [9.17, 15) is 0 Å². The maximum Gasteiger partial charge on any atom is 0.0720 e. The van der Waals surface area contributed by atoms with Gasteiger partial charge in [-0.3, -0.25) is 0 Å². The normalized spacial score (nSPS) is 14.6. The van der Waals surface area contributed by atoms with Gasteiger partial charge in [-0.15, -0.1) is 0 Å². The van der Waals surface area contributed by atoms with Crippen molar-refractivity contribution in [1.29, 1.82) is 0 Å². The zero-order chi connectivity index (χ0) is 48.0. The largest absolute Gasteiger partial charge is 0.310 e. The van der Waals surface area contributed by atoms with Crippen molar-refractivity contribution >= 4 is 17.1 Å². The molecule has 0 radical (unpaired) electrons. The van der Waals surface area contributed by atoms with Gasteiger partial charge < -0.3 is 4.90 Å². The number of hydrogen-bond acceptors (Lipinski definition) is 1. The predicted molar refractivity (Wildman–Crippen MR) is 299 cm³/mol. The first-order valence-corrected chi connectivity index (χ1v) is 25.3. The van der Waals surface area contributed by atoms with Crippen LogP contribution >= 0.6 is 0 Å². The fraction of sp³-hybridized carbons (Fsp3) is 0.0704. The molecule has 1 heteroatoms. The van der Waals surface area contributed by atoms with Gasteiger partial charge in [-0.1, -0.05) is 244 Å². The van der Waals surface area contributed by atoms with E-state index in [-0.39, 0.29) is 5.41 Å². The van der Waals surface area contributed by atoms with Gasteiger partial charge in [0.25, 0.3) is 0 Å². The molecule has 1 spiro atoms. The van der Waals surface area contributed by atoms with Crippen LogP contribution < -0.4 is 4.90 Å². The van der Waals surface area contributed by atoms with Crippen LogP contribution in [0.25, 0.3) is 44.5 Å². The Hall–Kier alpha value is -8.78. The number of hydrogen-bond donors (Lipinski definition) is 0. The number of benzene rings is 11. The fourth-order valence-electron chi connectivity index (χ4n) is 13.3. The van der Waals surface area contributed by atoms with Crippen molar-refractivity contribution in [2.45, 2.75) is 30.1 Å². The third kappa shape index (κ3) is 5.95. The number of fused-ring (bicyclic) bond motifs is 12. The van der Waals surface area contributed by atoms with Crippen molar-refractivity contribution in [2.75, 3.05) is 4.90 Å². The number of rotatable bonds is 7. The Bertz CT molecular complexity index is 3780. The van der Waals surface area contributed by atoms with Crippen molar-refractivity contribution in [3.05, 3.63) is 329 Å². The van der Waals surface area contributed by atoms with E-state index >= 15 is 0 Å². The van der Waals surface area contributed by atoms with Crippen LogP contribution in [0.3, 0.4) is 0 Å². The van der Waals surface area contributed by atoms with E-state index in [1.54, 1.807) is 0 Å². The van der Waals surface area contributed by atoms with Crippen LogP contribution in [-0.2, 0) is 16.2 Å². The number of nitrogens with zero attached hydrogens (tertiary/aromatic N) is 1. The van der Waals surface area contributed by atoms with Crippen molar-refractivity contribution in [1.82, 2.24) is 0 Å². The highest BCUT2D eigenvalue weighted by Gasteiger charge is 2.53. The third-order valence-corrected chi connectivity index (χ3v) is 16.4. The Labute approximate surface area is 423 Å². The Morgan fingerprint density at radius 2 is 0.611 bits per heavy atom. The molecule has 0 aliphatic heterocycles. The van der Waals surface area contributed by atoms with E-state index < -0.39 is 10.8 Å². The average Bonchev–Trinajstić information content (AvgIpc) is 3.92. The van der Waals surface area contributed by atoms with Gasteiger partial charge in [0, 0.05) is 22.5 Å². The molecular formula is C71H51N. The summed E-state index contributed by atoms with van der Waals surface area (Å²) in [6, 6.07) is 102. The minimum Gasteiger partial charge on any atom is -0.310 e. The molecule has 0 heterocycles. The Morgan fingerprint density at radius 3 is 1.15 bits per heavy atom. The molecule has 14 rings (SSSR count). The molecule has 0 N–H and O–H groups in total. The molecule has 72 heavy (non-hydrogen) atoms. The van der Waals surface area contributed by atoms with Crippen molar-refractivity contribution < 1.29 is 0 Å². The van der Waals surface area contributed by atoms with Gasteiger partial charge in [0.15, 0.2) is 0 Å². The van der Waals surface area contributed by atoms with Crippen LogP contribution in [0.1, 0.15) is 69.5 Å². The lowest BCUT2D eigenvalue weighted by molar-refractivity contribution is 0.563.